The molecule has 1 aromatic carbocycles. The Morgan fingerprint density at radius 3 is 2.71 bits per heavy atom. The van der Waals surface area contributed by atoms with E-state index in [4.69, 9.17) is 8.85 Å². The first-order chi connectivity index (χ1) is 16.0. The summed E-state index contributed by atoms with van der Waals surface area (Å²) in [5, 5.41) is 17.7. The molecule has 1 aliphatic heterocycles. The van der Waals surface area contributed by atoms with Gasteiger partial charge >= 0.3 is 0 Å². The molecule has 3 heterocycles. The van der Waals surface area contributed by atoms with Crippen LogP contribution in [0.4, 0.5) is 17.2 Å². The van der Waals surface area contributed by atoms with E-state index in [1.165, 1.54) is 7.11 Å². The largest absolute Gasteiger partial charge is 0.494 e. The lowest BCUT2D eigenvalue weighted by Gasteiger charge is -2.46. The lowest BCUT2D eigenvalue weighted by Crippen LogP contribution is -2.53. The van der Waals surface area contributed by atoms with Crippen molar-refractivity contribution in [2.45, 2.75) is 13.8 Å². The van der Waals surface area contributed by atoms with Crippen molar-refractivity contribution >= 4 is 23.1 Å². The highest BCUT2D eigenvalue weighted by Crippen LogP contribution is 2.38. The standard InChI is InChI=1S/C21H26N8O2/c1-21(2)10-29(11-21)16-9-15(17(26-25-16)20(30)22-3)24-14-8-6-7-13(18(14)31-5)19-23-12-28(4)27-19/h6-9,12H,10-11H2,1-5H3,(H,22,30)(H,24,25)/i3D3. The number of nitrogens with one attached hydrogen (secondary N) is 2. The summed E-state index contributed by atoms with van der Waals surface area (Å²) >= 11 is 0. The maximum Gasteiger partial charge on any atom is 0.273 e. The number of benzene rings is 1. The number of aromatic nitrogens is 5. The van der Waals surface area contributed by atoms with Gasteiger partial charge in [-0.3, -0.25) is 9.48 Å². The second-order valence-electron chi connectivity index (χ2n) is 8.19. The van der Waals surface area contributed by atoms with E-state index in [2.05, 4.69) is 39.4 Å². The summed E-state index contributed by atoms with van der Waals surface area (Å²) in [4.78, 5) is 19.0. The summed E-state index contributed by atoms with van der Waals surface area (Å²) in [5.74, 6) is 0.639. The fourth-order valence-corrected chi connectivity index (χ4v) is 3.65. The first-order valence-electron chi connectivity index (χ1n) is 11.2. The van der Waals surface area contributed by atoms with Gasteiger partial charge in [0, 0.05) is 37.3 Å². The number of rotatable bonds is 6. The Morgan fingerprint density at radius 1 is 1.26 bits per heavy atom. The summed E-state index contributed by atoms with van der Waals surface area (Å²) in [6.07, 6.45) is 1.58. The molecular weight excluding hydrogens is 396 g/mol. The van der Waals surface area contributed by atoms with Crippen molar-refractivity contribution in [3.05, 3.63) is 36.3 Å². The molecule has 2 aromatic heterocycles. The number of carbonyl (C=O) groups excluding carboxylic acids is 1. The van der Waals surface area contributed by atoms with Crippen molar-refractivity contribution < 1.29 is 13.6 Å². The Hall–Kier alpha value is -3.69. The quantitative estimate of drug-likeness (QED) is 0.619. The number of anilines is 3. The van der Waals surface area contributed by atoms with E-state index in [1.54, 1.807) is 36.3 Å². The third-order valence-electron chi connectivity index (χ3n) is 5.00. The van der Waals surface area contributed by atoms with Crippen molar-refractivity contribution in [3.63, 3.8) is 0 Å². The molecule has 0 radical (unpaired) electrons. The molecule has 31 heavy (non-hydrogen) atoms. The van der Waals surface area contributed by atoms with Crippen molar-refractivity contribution in [2.75, 3.05) is 37.4 Å². The highest BCUT2D eigenvalue weighted by molar-refractivity contribution is 5.98. The molecule has 0 saturated carbocycles. The van der Waals surface area contributed by atoms with Gasteiger partial charge in [-0.15, -0.1) is 10.2 Å². The topological polar surface area (TPSA) is 110 Å². The molecule has 0 spiro atoms. The number of aryl methyl sites for hydroxylation is 1. The van der Waals surface area contributed by atoms with Gasteiger partial charge < -0.3 is 20.3 Å². The number of nitrogens with zero attached hydrogens (tertiary/aromatic N) is 6. The lowest BCUT2D eigenvalue weighted by molar-refractivity contribution is 0.0958. The second-order valence-corrected chi connectivity index (χ2v) is 8.19. The molecule has 1 aliphatic rings. The van der Waals surface area contributed by atoms with Crippen LogP contribution in [0.3, 0.4) is 0 Å². The van der Waals surface area contributed by atoms with Crippen LogP contribution < -0.4 is 20.3 Å². The van der Waals surface area contributed by atoms with Crippen LogP contribution in [0.15, 0.2) is 30.6 Å². The van der Waals surface area contributed by atoms with Gasteiger partial charge in [0.25, 0.3) is 5.91 Å². The van der Waals surface area contributed by atoms with Gasteiger partial charge in [0.1, 0.15) is 6.33 Å². The zero-order chi connectivity index (χ0) is 24.7. The minimum Gasteiger partial charge on any atom is -0.494 e. The fraction of sp³-hybridized carbons (Fsp3) is 0.381. The number of hydrogen-bond acceptors (Lipinski definition) is 8. The van der Waals surface area contributed by atoms with Crippen molar-refractivity contribution in [2.24, 2.45) is 12.5 Å². The van der Waals surface area contributed by atoms with E-state index in [0.717, 1.165) is 13.1 Å². The summed E-state index contributed by atoms with van der Waals surface area (Å²) in [7, 11) is 3.29. The minimum atomic E-state index is -2.67. The highest BCUT2D eigenvalue weighted by Gasteiger charge is 2.35. The van der Waals surface area contributed by atoms with Crippen molar-refractivity contribution in [1.29, 1.82) is 0 Å². The van der Waals surface area contributed by atoms with E-state index in [0.29, 0.717) is 34.3 Å². The highest BCUT2D eigenvalue weighted by atomic mass is 16.5. The average Bonchev–Trinajstić information content (AvgIpc) is 3.16. The molecule has 1 saturated heterocycles. The van der Waals surface area contributed by atoms with Gasteiger partial charge in [-0.2, -0.15) is 5.10 Å². The molecular formula is C21H26N8O2. The molecule has 0 atom stereocenters. The molecule has 1 amide bonds. The summed E-state index contributed by atoms with van der Waals surface area (Å²) < 4.78 is 29.3. The van der Waals surface area contributed by atoms with Crippen molar-refractivity contribution in [1.82, 2.24) is 30.3 Å². The van der Waals surface area contributed by atoms with Gasteiger partial charge in [0.05, 0.1) is 24.0 Å². The molecule has 3 aromatic rings. The Bertz CT molecular complexity index is 1220. The summed E-state index contributed by atoms with van der Waals surface area (Å²) in [5.41, 5.74) is 1.47. The number of hydrogen-bond donors (Lipinski definition) is 2. The molecule has 10 heteroatoms. The SMILES string of the molecule is [2H]C([2H])([2H])NC(=O)c1nnc(N2CC(C)(C)C2)cc1Nc1cccc(-c2ncn(C)n2)c1OC. The van der Waals surface area contributed by atoms with Crippen LogP contribution in [0.25, 0.3) is 11.4 Å². The van der Waals surface area contributed by atoms with E-state index >= 15 is 0 Å². The minimum absolute atomic E-state index is 0.150. The van der Waals surface area contributed by atoms with E-state index in [-0.39, 0.29) is 11.1 Å². The maximum atomic E-state index is 12.7. The van der Waals surface area contributed by atoms with Gasteiger partial charge in [-0.05, 0) is 17.5 Å². The van der Waals surface area contributed by atoms with Crippen molar-refractivity contribution in [3.8, 4) is 17.1 Å². The van der Waals surface area contributed by atoms with Crippen LogP contribution in [0.1, 0.15) is 28.4 Å². The van der Waals surface area contributed by atoms with Gasteiger partial charge in [-0.25, -0.2) is 4.98 Å². The normalized spacial score (nSPS) is 16.5. The number of ether oxygens (including phenoxy) is 1. The number of methoxy groups -OCH3 is 1. The molecule has 0 aliphatic carbocycles. The fourth-order valence-electron chi connectivity index (χ4n) is 3.65. The van der Waals surface area contributed by atoms with Crippen LogP contribution in [0.2, 0.25) is 0 Å². The first kappa shape index (κ1) is 17.0. The molecule has 0 unspecified atom stereocenters. The predicted octanol–water partition coefficient (Wildman–Crippen LogP) is 2.23. The third-order valence-corrected chi connectivity index (χ3v) is 5.00. The van der Waals surface area contributed by atoms with Crippen LogP contribution >= 0.6 is 0 Å². The van der Waals surface area contributed by atoms with Gasteiger partial charge in [-0.1, -0.05) is 19.9 Å². The molecule has 4 rings (SSSR count). The van der Waals surface area contributed by atoms with Crippen LogP contribution in [-0.4, -0.2) is 58.0 Å². The van der Waals surface area contributed by atoms with E-state index in [9.17, 15) is 4.79 Å². The monoisotopic (exact) mass is 425 g/mol. The number of amides is 1. The number of para-hydroxylation sites is 1. The Kier molecular flexibility index (Phi) is 4.32. The Balaban J connectivity index is 1.74. The Labute approximate surface area is 184 Å². The predicted molar refractivity (Wildman–Crippen MR) is 118 cm³/mol. The van der Waals surface area contributed by atoms with E-state index < -0.39 is 12.9 Å². The number of carbonyl (C=O) groups is 1. The molecule has 0 bridgehead atoms. The first-order valence-corrected chi connectivity index (χ1v) is 9.71. The van der Waals surface area contributed by atoms with Gasteiger partial charge in [0.2, 0.25) is 0 Å². The zero-order valence-corrected chi connectivity index (χ0v) is 17.8. The van der Waals surface area contributed by atoms with Crippen LogP contribution in [0.5, 0.6) is 5.75 Å². The van der Waals surface area contributed by atoms with Crippen LogP contribution in [-0.2, 0) is 7.05 Å². The third kappa shape index (κ3) is 4.00. The summed E-state index contributed by atoms with van der Waals surface area (Å²) in [6.45, 7) is 3.20. The summed E-state index contributed by atoms with van der Waals surface area (Å²) in [6, 6.07) is 7.07. The smallest absolute Gasteiger partial charge is 0.273 e. The molecule has 162 valence electrons. The van der Waals surface area contributed by atoms with Gasteiger partial charge in [0.15, 0.2) is 23.1 Å². The second kappa shape index (κ2) is 7.86. The molecule has 2 N–H and O–H groups in total. The van der Waals surface area contributed by atoms with Crippen LogP contribution in [0, 0.1) is 5.41 Å². The maximum absolute atomic E-state index is 12.7. The molecule has 1 fully saturated rings. The van der Waals surface area contributed by atoms with E-state index in [1.807, 2.05) is 16.3 Å². The lowest BCUT2D eigenvalue weighted by atomic mass is 9.84. The zero-order valence-electron chi connectivity index (χ0n) is 20.8. The molecule has 10 nitrogen and oxygen atoms in total. The Morgan fingerprint density at radius 2 is 2.06 bits per heavy atom. The average molecular weight is 426 g/mol.